The van der Waals surface area contributed by atoms with E-state index >= 15 is 0 Å². The number of hydrogen-bond acceptors (Lipinski definition) is 2. The van der Waals surface area contributed by atoms with Gasteiger partial charge in [0.25, 0.3) is 0 Å². The van der Waals surface area contributed by atoms with Gasteiger partial charge in [0.2, 0.25) is 0 Å². The molecule has 2 heterocycles. The molecule has 0 atom stereocenters. The first-order chi connectivity index (χ1) is 9.56. The second kappa shape index (κ2) is 4.61. The Bertz CT molecular complexity index is 812. The summed E-state index contributed by atoms with van der Waals surface area (Å²) in [7, 11) is 0. The zero-order chi connectivity index (χ0) is 14.3. The number of carbonyl (C=O) groups is 1. The molecule has 2 aromatic heterocycles. The van der Waals surface area contributed by atoms with Gasteiger partial charge in [0.1, 0.15) is 11.6 Å². The number of halogens is 2. The van der Waals surface area contributed by atoms with Crippen LogP contribution in [0.5, 0.6) is 0 Å². The molecule has 0 bridgehead atoms. The summed E-state index contributed by atoms with van der Waals surface area (Å²) in [5.74, 6) is -0.929. The van der Waals surface area contributed by atoms with E-state index < -0.39 is 5.97 Å². The Balaban J connectivity index is 2.27. The average Bonchev–Trinajstić information content (AvgIpc) is 2.76. The van der Waals surface area contributed by atoms with E-state index in [-0.39, 0.29) is 16.5 Å². The number of carboxylic acids is 1. The maximum Gasteiger partial charge on any atom is 0.337 e. The first kappa shape index (κ1) is 12.6. The third kappa shape index (κ3) is 2.02. The van der Waals surface area contributed by atoms with Gasteiger partial charge in [-0.15, -0.1) is 0 Å². The van der Waals surface area contributed by atoms with Crippen LogP contribution in [0.3, 0.4) is 0 Å². The van der Waals surface area contributed by atoms with Crippen LogP contribution in [0.25, 0.3) is 16.9 Å². The van der Waals surface area contributed by atoms with Crippen LogP contribution in [0.15, 0.2) is 42.6 Å². The standard InChI is InChI=1S/C14H8ClFN2O2/c15-12-11-6-3-9(14(19)20)7-18(11)13(17-12)8-1-4-10(16)5-2-8/h1-7H,(H,19,20). The largest absolute Gasteiger partial charge is 0.478 e. The minimum atomic E-state index is -1.04. The Hall–Kier alpha value is -2.40. The lowest BCUT2D eigenvalue weighted by atomic mass is 10.2. The molecule has 0 aliphatic heterocycles. The van der Waals surface area contributed by atoms with Crippen molar-refractivity contribution in [2.45, 2.75) is 0 Å². The lowest BCUT2D eigenvalue weighted by Crippen LogP contribution is -1.99. The van der Waals surface area contributed by atoms with E-state index in [4.69, 9.17) is 16.7 Å². The summed E-state index contributed by atoms with van der Waals surface area (Å²) in [6.45, 7) is 0. The van der Waals surface area contributed by atoms with E-state index in [1.165, 1.54) is 24.4 Å². The van der Waals surface area contributed by atoms with Crippen molar-refractivity contribution in [2.75, 3.05) is 0 Å². The number of carboxylic acid groups (broad SMARTS) is 1. The van der Waals surface area contributed by atoms with E-state index in [9.17, 15) is 9.18 Å². The minimum absolute atomic E-state index is 0.120. The Morgan fingerprint density at radius 3 is 2.55 bits per heavy atom. The molecule has 0 amide bonds. The van der Waals surface area contributed by atoms with Crippen molar-refractivity contribution in [1.82, 2.24) is 9.38 Å². The summed E-state index contributed by atoms with van der Waals surface area (Å²) >= 11 is 6.04. The zero-order valence-electron chi connectivity index (χ0n) is 10.0. The van der Waals surface area contributed by atoms with Crippen molar-refractivity contribution in [2.24, 2.45) is 0 Å². The Labute approximate surface area is 118 Å². The molecule has 3 rings (SSSR count). The van der Waals surface area contributed by atoms with Crippen molar-refractivity contribution in [3.63, 3.8) is 0 Å². The number of imidazole rings is 1. The van der Waals surface area contributed by atoms with Crippen LogP contribution < -0.4 is 0 Å². The summed E-state index contributed by atoms with van der Waals surface area (Å²) < 4.78 is 14.5. The van der Waals surface area contributed by atoms with E-state index in [2.05, 4.69) is 4.98 Å². The fraction of sp³-hybridized carbons (Fsp3) is 0. The maximum absolute atomic E-state index is 13.0. The summed E-state index contributed by atoms with van der Waals surface area (Å²) in [4.78, 5) is 15.2. The molecule has 1 aromatic carbocycles. The van der Waals surface area contributed by atoms with Crippen molar-refractivity contribution in [1.29, 1.82) is 0 Å². The lowest BCUT2D eigenvalue weighted by molar-refractivity contribution is 0.0696. The van der Waals surface area contributed by atoms with Gasteiger partial charge in [0, 0.05) is 11.8 Å². The number of pyridine rings is 1. The quantitative estimate of drug-likeness (QED) is 0.786. The molecular formula is C14H8ClFN2O2. The fourth-order valence-electron chi connectivity index (χ4n) is 1.98. The molecule has 0 fully saturated rings. The first-order valence-corrected chi connectivity index (χ1v) is 6.11. The van der Waals surface area contributed by atoms with Gasteiger partial charge >= 0.3 is 5.97 Å². The van der Waals surface area contributed by atoms with Gasteiger partial charge in [-0.25, -0.2) is 14.2 Å². The van der Waals surface area contributed by atoms with E-state index in [1.807, 2.05) is 0 Å². The summed E-state index contributed by atoms with van der Waals surface area (Å²) in [6.07, 6.45) is 1.44. The lowest BCUT2D eigenvalue weighted by Gasteiger charge is -2.02. The summed E-state index contributed by atoms with van der Waals surface area (Å²) in [5, 5.41) is 9.30. The molecule has 0 radical (unpaired) electrons. The highest BCUT2D eigenvalue weighted by atomic mass is 35.5. The van der Waals surface area contributed by atoms with Crippen LogP contribution in [0, 0.1) is 5.82 Å². The number of fused-ring (bicyclic) bond motifs is 1. The van der Waals surface area contributed by atoms with Gasteiger partial charge in [0.15, 0.2) is 5.15 Å². The van der Waals surface area contributed by atoms with Gasteiger partial charge < -0.3 is 5.11 Å². The van der Waals surface area contributed by atoms with Crippen molar-refractivity contribution >= 4 is 23.1 Å². The Morgan fingerprint density at radius 2 is 1.90 bits per heavy atom. The molecule has 0 spiro atoms. The number of aromatic nitrogens is 2. The molecule has 0 unspecified atom stereocenters. The Morgan fingerprint density at radius 1 is 1.20 bits per heavy atom. The molecule has 1 N–H and O–H groups in total. The fourth-order valence-corrected chi connectivity index (χ4v) is 2.21. The number of rotatable bonds is 2. The van der Waals surface area contributed by atoms with Crippen LogP contribution >= 0.6 is 11.6 Å². The number of benzene rings is 1. The molecule has 20 heavy (non-hydrogen) atoms. The predicted molar refractivity (Wildman–Crippen MR) is 72.6 cm³/mol. The highest BCUT2D eigenvalue weighted by Crippen LogP contribution is 2.26. The summed E-state index contributed by atoms with van der Waals surface area (Å²) in [5.41, 5.74) is 1.36. The molecule has 0 aliphatic carbocycles. The normalized spacial score (nSPS) is 10.9. The maximum atomic E-state index is 13.0. The van der Waals surface area contributed by atoms with Gasteiger partial charge in [-0.3, -0.25) is 4.40 Å². The molecule has 100 valence electrons. The Kier molecular flexibility index (Phi) is 2.91. The second-order valence-electron chi connectivity index (χ2n) is 4.21. The predicted octanol–water partition coefficient (Wildman–Crippen LogP) is 3.49. The average molecular weight is 291 g/mol. The number of hydrogen-bond donors (Lipinski definition) is 1. The van der Waals surface area contributed by atoms with Crippen LogP contribution in [0.1, 0.15) is 10.4 Å². The highest BCUT2D eigenvalue weighted by Gasteiger charge is 2.13. The van der Waals surface area contributed by atoms with Crippen LogP contribution in [-0.2, 0) is 0 Å². The number of aromatic carboxylic acids is 1. The molecule has 0 aliphatic rings. The number of nitrogens with zero attached hydrogens (tertiary/aromatic N) is 2. The summed E-state index contributed by atoms with van der Waals surface area (Å²) in [6, 6.07) is 8.80. The van der Waals surface area contributed by atoms with Crippen LogP contribution in [0.2, 0.25) is 5.15 Å². The van der Waals surface area contributed by atoms with Crippen molar-refractivity contribution in [3.05, 3.63) is 59.1 Å². The van der Waals surface area contributed by atoms with Gasteiger partial charge in [-0.2, -0.15) is 0 Å². The monoisotopic (exact) mass is 290 g/mol. The first-order valence-electron chi connectivity index (χ1n) is 5.73. The van der Waals surface area contributed by atoms with Gasteiger partial charge in [-0.05, 0) is 36.4 Å². The smallest absolute Gasteiger partial charge is 0.337 e. The second-order valence-corrected chi connectivity index (χ2v) is 4.57. The molecule has 0 saturated heterocycles. The zero-order valence-corrected chi connectivity index (χ0v) is 10.8. The molecule has 4 nitrogen and oxygen atoms in total. The molecular weight excluding hydrogens is 283 g/mol. The minimum Gasteiger partial charge on any atom is -0.478 e. The van der Waals surface area contributed by atoms with E-state index in [0.717, 1.165) is 0 Å². The van der Waals surface area contributed by atoms with Crippen LogP contribution in [0.4, 0.5) is 4.39 Å². The highest BCUT2D eigenvalue weighted by molar-refractivity contribution is 6.32. The molecule has 6 heteroatoms. The molecule has 0 saturated carbocycles. The molecule has 3 aromatic rings. The third-order valence-corrected chi connectivity index (χ3v) is 3.22. The van der Waals surface area contributed by atoms with Crippen molar-refractivity contribution < 1.29 is 14.3 Å². The topological polar surface area (TPSA) is 54.6 Å². The SMILES string of the molecule is O=C(O)c1ccc2c(Cl)nc(-c3ccc(F)cc3)n2c1. The van der Waals surface area contributed by atoms with Gasteiger partial charge in [0.05, 0.1) is 11.1 Å². The van der Waals surface area contributed by atoms with E-state index in [0.29, 0.717) is 16.9 Å². The third-order valence-electron chi connectivity index (χ3n) is 2.94. The van der Waals surface area contributed by atoms with E-state index in [1.54, 1.807) is 22.6 Å². The van der Waals surface area contributed by atoms with Crippen molar-refractivity contribution in [3.8, 4) is 11.4 Å². The van der Waals surface area contributed by atoms with Gasteiger partial charge in [-0.1, -0.05) is 11.6 Å². The van der Waals surface area contributed by atoms with Crippen LogP contribution in [-0.4, -0.2) is 20.5 Å².